The van der Waals surface area contributed by atoms with Crippen molar-refractivity contribution >= 4 is 29.4 Å². The van der Waals surface area contributed by atoms with E-state index in [2.05, 4.69) is 4.74 Å². The zero-order valence-corrected chi connectivity index (χ0v) is 12.1. The molecule has 0 radical (unpaired) electrons. The summed E-state index contributed by atoms with van der Waals surface area (Å²) in [6.45, 7) is 0. The number of halogens is 1. The molecule has 0 fully saturated rings. The molecule has 0 aliphatic carbocycles. The minimum Gasteiger partial charge on any atom is -0.465 e. The third-order valence-corrected chi connectivity index (χ3v) is 3.10. The first kappa shape index (κ1) is 15.0. The lowest BCUT2D eigenvalue weighted by Gasteiger charge is -1.99. The molecule has 2 aromatic carbocycles. The predicted octanol–water partition coefficient (Wildman–Crippen LogP) is 4.02. The van der Waals surface area contributed by atoms with Crippen LogP contribution >= 0.6 is 11.6 Å². The van der Waals surface area contributed by atoms with Gasteiger partial charge in [-0.2, -0.15) is 0 Å². The van der Waals surface area contributed by atoms with Gasteiger partial charge in [-0.15, -0.1) is 0 Å². The van der Waals surface area contributed by atoms with Crippen molar-refractivity contribution in [2.24, 2.45) is 0 Å². The number of ketones is 1. The second-order valence-electron chi connectivity index (χ2n) is 4.32. The lowest BCUT2D eigenvalue weighted by atomic mass is 10.1. The summed E-state index contributed by atoms with van der Waals surface area (Å²) in [4.78, 5) is 23.3. The summed E-state index contributed by atoms with van der Waals surface area (Å²) in [6.07, 6.45) is 3.16. The smallest absolute Gasteiger partial charge is 0.337 e. The molecule has 0 unspecified atom stereocenters. The summed E-state index contributed by atoms with van der Waals surface area (Å²) in [5, 5.41) is 0.525. The maximum Gasteiger partial charge on any atom is 0.337 e. The Balaban J connectivity index is 2.10. The number of benzene rings is 2. The van der Waals surface area contributed by atoms with Crippen molar-refractivity contribution in [1.82, 2.24) is 0 Å². The lowest BCUT2D eigenvalue weighted by molar-refractivity contribution is 0.0600. The summed E-state index contributed by atoms with van der Waals surface area (Å²) >= 11 is 5.85. The van der Waals surface area contributed by atoms with Crippen LogP contribution in [-0.2, 0) is 4.74 Å². The van der Waals surface area contributed by atoms with Gasteiger partial charge in [-0.05, 0) is 35.9 Å². The first-order valence-electron chi connectivity index (χ1n) is 6.26. The third-order valence-electron chi connectivity index (χ3n) is 2.87. The van der Waals surface area contributed by atoms with E-state index in [1.807, 2.05) is 0 Å². The fourth-order valence-corrected chi connectivity index (χ4v) is 1.95. The Morgan fingerprint density at radius 3 is 2.38 bits per heavy atom. The molecule has 0 spiro atoms. The van der Waals surface area contributed by atoms with Crippen molar-refractivity contribution in [3.8, 4) is 0 Å². The first-order chi connectivity index (χ1) is 10.1. The van der Waals surface area contributed by atoms with Crippen molar-refractivity contribution in [2.75, 3.05) is 7.11 Å². The van der Waals surface area contributed by atoms with Crippen LogP contribution in [0, 0.1) is 0 Å². The van der Waals surface area contributed by atoms with E-state index >= 15 is 0 Å². The highest BCUT2D eigenvalue weighted by Gasteiger charge is 2.04. The Labute approximate surface area is 127 Å². The van der Waals surface area contributed by atoms with E-state index in [9.17, 15) is 9.59 Å². The number of carbonyl (C=O) groups is 2. The maximum absolute atomic E-state index is 12.0. The molecule has 0 aliphatic heterocycles. The van der Waals surface area contributed by atoms with E-state index in [1.54, 1.807) is 54.6 Å². The minimum absolute atomic E-state index is 0.130. The van der Waals surface area contributed by atoms with Gasteiger partial charge in [0.2, 0.25) is 0 Å². The summed E-state index contributed by atoms with van der Waals surface area (Å²) in [7, 11) is 1.33. The number of allylic oxidation sites excluding steroid dienone is 1. The Morgan fingerprint density at radius 1 is 1.05 bits per heavy atom. The van der Waals surface area contributed by atoms with Gasteiger partial charge in [0.05, 0.1) is 12.7 Å². The van der Waals surface area contributed by atoms with Crippen molar-refractivity contribution in [2.45, 2.75) is 0 Å². The molecule has 4 heteroatoms. The summed E-state index contributed by atoms with van der Waals surface area (Å²) in [6, 6.07) is 13.6. The maximum atomic E-state index is 12.0. The highest BCUT2D eigenvalue weighted by molar-refractivity contribution is 6.31. The van der Waals surface area contributed by atoms with E-state index in [4.69, 9.17) is 11.6 Å². The van der Waals surface area contributed by atoms with Crippen LogP contribution in [0.15, 0.2) is 54.6 Å². The van der Waals surface area contributed by atoms with Crippen LogP contribution in [0.3, 0.4) is 0 Å². The fraction of sp³-hybridized carbons (Fsp3) is 0.0588. The van der Waals surface area contributed by atoms with Crippen molar-refractivity contribution in [3.05, 3.63) is 76.3 Å². The quantitative estimate of drug-likeness (QED) is 0.486. The molecule has 0 amide bonds. The van der Waals surface area contributed by atoms with Crippen LogP contribution in [0.1, 0.15) is 26.3 Å². The third kappa shape index (κ3) is 4.04. The second kappa shape index (κ2) is 6.86. The Bertz CT molecular complexity index is 687. The van der Waals surface area contributed by atoms with Crippen LogP contribution in [0.25, 0.3) is 6.08 Å². The SMILES string of the molecule is COC(=O)c1ccc(/C=C/C(=O)c2cccc(Cl)c2)cc1. The van der Waals surface area contributed by atoms with E-state index in [0.717, 1.165) is 5.56 Å². The van der Waals surface area contributed by atoms with Crippen LogP contribution in [0.2, 0.25) is 5.02 Å². The Hall–Kier alpha value is -2.39. The number of carbonyl (C=O) groups excluding carboxylic acids is 2. The number of hydrogen-bond acceptors (Lipinski definition) is 3. The highest BCUT2D eigenvalue weighted by Crippen LogP contribution is 2.13. The second-order valence-corrected chi connectivity index (χ2v) is 4.76. The zero-order valence-electron chi connectivity index (χ0n) is 11.4. The molecule has 2 rings (SSSR count). The number of esters is 1. The molecule has 0 N–H and O–H groups in total. The molecule has 0 atom stereocenters. The average Bonchev–Trinajstić information content (AvgIpc) is 2.52. The van der Waals surface area contributed by atoms with E-state index < -0.39 is 0 Å². The van der Waals surface area contributed by atoms with Gasteiger partial charge in [0, 0.05) is 10.6 Å². The molecular weight excluding hydrogens is 288 g/mol. The molecular formula is C17H13ClO3. The van der Waals surface area contributed by atoms with E-state index in [-0.39, 0.29) is 11.8 Å². The van der Waals surface area contributed by atoms with Gasteiger partial charge in [0.25, 0.3) is 0 Å². The monoisotopic (exact) mass is 300 g/mol. The molecule has 2 aromatic rings. The molecule has 0 bridgehead atoms. The molecule has 21 heavy (non-hydrogen) atoms. The topological polar surface area (TPSA) is 43.4 Å². The van der Waals surface area contributed by atoms with Crippen LogP contribution in [-0.4, -0.2) is 18.9 Å². The van der Waals surface area contributed by atoms with Crippen LogP contribution in [0.5, 0.6) is 0 Å². The van der Waals surface area contributed by atoms with Crippen LogP contribution in [0.4, 0.5) is 0 Å². The largest absolute Gasteiger partial charge is 0.465 e. The standard InChI is InChI=1S/C17H13ClO3/c1-21-17(20)13-8-5-12(6-9-13)7-10-16(19)14-3-2-4-15(18)11-14/h2-11H,1H3/b10-7+. The first-order valence-corrected chi connectivity index (χ1v) is 6.64. The molecule has 0 saturated heterocycles. The number of ether oxygens (including phenoxy) is 1. The summed E-state index contributed by atoms with van der Waals surface area (Å²) in [5.41, 5.74) is 1.82. The molecule has 0 aromatic heterocycles. The number of methoxy groups -OCH3 is 1. The van der Waals surface area contributed by atoms with Gasteiger partial charge in [-0.25, -0.2) is 4.79 Å². The predicted molar refractivity (Wildman–Crippen MR) is 82.6 cm³/mol. The van der Waals surface area contributed by atoms with Gasteiger partial charge in [-0.1, -0.05) is 41.9 Å². The summed E-state index contributed by atoms with van der Waals surface area (Å²) < 4.78 is 4.62. The van der Waals surface area contributed by atoms with Gasteiger partial charge < -0.3 is 4.74 Å². The molecule has 0 heterocycles. The van der Waals surface area contributed by atoms with Gasteiger partial charge in [0.15, 0.2) is 5.78 Å². The molecule has 3 nitrogen and oxygen atoms in total. The fourth-order valence-electron chi connectivity index (χ4n) is 1.76. The molecule has 0 aliphatic rings. The van der Waals surface area contributed by atoms with Gasteiger partial charge >= 0.3 is 5.97 Å². The average molecular weight is 301 g/mol. The lowest BCUT2D eigenvalue weighted by Crippen LogP contribution is -2.00. The normalized spacial score (nSPS) is 10.6. The van der Waals surface area contributed by atoms with Gasteiger partial charge in [0.1, 0.15) is 0 Å². The minimum atomic E-state index is -0.388. The highest BCUT2D eigenvalue weighted by atomic mass is 35.5. The van der Waals surface area contributed by atoms with E-state index in [0.29, 0.717) is 16.1 Å². The summed E-state index contributed by atoms with van der Waals surface area (Å²) in [5.74, 6) is -0.518. The van der Waals surface area contributed by atoms with E-state index in [1.165, 1.54) is 13.2 Å². The molecule has 0 saturated carbocycles. The number of rotatable bonds is 4. The van der Waals surface area contributed by atoms with Crippen LogP contribution < -0.4 is 0 Å². The Kier molecular flexibility index (Phi) is 4.90. The van der Waals surface area contributed by atoms with Gasteiger partial charge in [-0.3, -0.25) is 4.79 Å². The number of hydrogen-bond donors (Lipinski definition) is 0. The Morgan fingerprint density at radius 2 is 1.76 bits per heavy atom. The zero-order chi connectivity index (χ0) is 15.2. The van der Waals surface area contributed by atoms with Crippen molar-refractivity contribution in [1.29, 1.82) is 0 Å². The molecule has 106 valence electrons. The van der Waals surface area contributed by atoms with Crippen molar-refractivity contribution < 1.29 is 14.3 Å². The van der Waals surface area contributed by atoms with Crippen molar-refractivity contribution in [3.63, 3.8) is 0 Å².